The molecule has 0 radical (unpaired) electrons. The molecule has 1 aliphatic heterocycles. The molecule has 5 heteroatoms. The highest BCUT2D eigenvalue weighted by molar-refractivity contribution is 5.85. The molecular weight excluding hydrogens is 348 g/mol. The zero-order valence-electron chi connectivity index (χ0n) is 16.6. The zero-order chi connectivity index (χ0) is 19.6. The molecule has 0 aromatic heterocycles. The Morgan fingerprint density at radius 1 is 1.07 bits per heavy atom. The van der Waals surface area contributed by atoms with Crippen molar-refractivity contribution < 1.29 is 4.79 Å². The predicted molar refractivity (Wildman–Crippen MR) is 115 cm³/mol. The molecule has 2 aromatic rings. The number of hydrogen-bond donors (Lipinski definition) is 2. The van der Waals surface area contributed by atoms with E-state index in [9.17, 15) is 4.79 Å². The van der Waals surface area contributed by atoms with Crippen LogP contribution in [0.4, 0.5) is 0 Å². The number of nitrogens with one attached hydrogen (secondary N) is 2. The van der Waals surface area contributed by atoms with E-state index in [0.29, 0.717) is 12.5 Å². The van der Waals surface area contributed by atoms with E-state index < -0.39 is 0 Å². The normalized spacial score (nSPS) is 16.8. The second-order valence-electron chi connectivity index (χ2n) is 7.10. The minimum Gasteiger partial charge on any atom is -0.357 e. The van der Waals surface area contributed by atoms with E-state index in [2.05, 4.69) is 69.9 Å². The average Bonchev–Trinajstić information content (AvgIpc) is 3.23. The lowest BCUT2D eigenvalue weighted by Gasteiger charge is -2.21. The van der Waals surface area contributed by atoms with E-state index in [1.165, 1.54) is 11.1 Å². The van der Waals surface area contributed by atoms with Crippen molar-refractivity contribution in [3.63, 3.8) is 0 Å². The molecule has 0 saturated carbocycles. The summed E-state index contributed by atoms with van der Waals surface area (Å²) in [4.78, 5) is 19.0. The van der Waals surface area contributed by atoms with Crippen LogP contribution >= 0.6 is 0 Å². The van der Waals surface area contributed by atoms with E-state index in [4.69, 9.17) is 0 Å². The fourth-order valence-corrected chi connectivity index (χ4v) is 3.57. The molecule has 1 aliphatic rings. The highest BCUT2D eigenvalue weighted by Crippen LogP contribution is 2.26. The molecule has 0 aliphatic carbocycles. The number of rotatable bonds is 7. The van der Waals surface area contributed by atoms with Crippen LogP contribution in [0.1, 0.15) is 30.4 Å². The Balaban J connectivity index is 1.49. The van der Waals surface area contributed by atoms with Gasteiger partial charge < -0.3 is 15.5 Å². The van der Waals surface area contributed by atoms with Gasteiger partial charge in [0.15, 0.2) is 5.96 Å². The molecule has 1 atom stereocenters. The van der Waals surface area contributed by atoms with Crippen molar-refractivity contribution in [1.29, 1.82) is 0 Å². The van der Waals surface area contributed by atoms with Crippen LogP contribution in [0.5, 0.6) is 0 Å². The summed E-state index contributed by atoms with van der Waals surface area (Å²) >= 11 is 0. The van der Waals surface area contributed by atoms with Gasteiger partial charge in [-0.05, 0) is 30.9 Å². The summed E-state index contributed by atoms with van der Waals surface area (Å²) in [6.45, 7) is 5.53. The van der Waals surface area contributed by atoms with Crippen LogP contribution in [0.25, 0.3) is 0 Å². The Morgan fingerprint density at radius 2 is 1.79 bits per heavy atom. The average molecular weight is 379 g/mol. The first-order valence-corrected chi connectivity index (χ1v) is 10.1. The Morgan fingerprint density at radius 3 is 2.50 bits per heavy atom. The number of guanidine groups is 1. The molecule has 5 nitrogen and oxygen atoms in total. The molecular formula is C23H30N4O. The first-order valence-electron chi connectivity index (χ1n) is 10.1. The van der Waals surface area contributed by atoms with E-state index in [1.807, 2.05) is 18.2 Å². The van der Waals surface area contributed by atoms with Gasteiger partial charge in [-0.25, -0.2) is 4.99 Å². The number of amides is 1. The van der Waals surface area contributed by atoms with Crippen molar-refractivity contribution in [3.05, 3.63) is 71.8 Å². The van der Waals surface area contributed by atoms with Gasteiger partial charge in [-0.15, -0.1) is 0 Å². The molecule has 3 rings (SSSR count). The highest BCUT2D eigenvalue weighted by atomic mass is 16.1. The topological polar surface area (TPSA) is 56.7 Å². The van der Waals surface area contributed by atoms with Gasteiger partial charge in [0.1, 0.15) is 6.54 Å². The third-order valence-corrected chi connectivity index (χ3v) is 5.04. The number of carbonyl (C=O) groups is 1. The molecule has 1 heterocycles. The fraction of sp³-hybridized carbons (Fsp3) is 0.391. The molecule has 2 aromatic carbocycles. The summed E-state index contributed by atoms with van der Waals surface area (Å²) in [7, 11) is 0. The summed E-state index contributed by atoms with van der Waals surface area (Å²) in [6.07, 6.45) is 1.94. The standard InChI is InChI=1S/C23H30N4O/c1-2-24-23(27-16-14-21(18-27)20-11-7-4-8-12-20)26-17-22(28)25-15-13-19-9-5-3-6-10-19/h3-12,21H,2,13-18H2,1H3,(H,24,26)(H,25,28). The molecule has 1 saturated heterocycles. The number of likely N-dealkylation sites (tertiary alicyclic amines) is 1. The second kappa shape index (κ2) is 10.5. The number of benzene rings is 2. The van der Waals surface area contributed by atoms with Crippen LogP contribution in [0, 0.1) is 0 Å². The van der Waals surface area contributed by atoms with Gasteiger partial charge in [0.05, 0.1) is 0 Å². The van der Waals surface area contributed by atoms with E-state index in [-0.39, 0.29) is 12.5 Å². The fourth-order valence-electron chi connectivity index (χ4n) is 3.57. The van der Waals surface area contributed by atoms with Crippen LogP contribution in [-0.2, 0) is 11.2 Å². The van der Waals surface area contributed by atoms with Crippen LogP contribution in [0.2, 0.25) is 0 Å². The van der Waals surface area contributed by atoms with Gasteiger partial charge in [0.2, 0.25) is 5.91 Å². The van der Waals surface area contributed by atoms with Crippen LogP contribution < -0.4 is 10.6 Å². The largest absolute Gasteiger partial charge is 0.357 e. The Labute approximate surface area is 167 Å². The lowest BCUT2D eigenvalue weighted by atomic mass is 9.99. The first-order chi connectivity index (χ1) is 13.8. The second-order valence-corrected chi connectivity index (χ2v) is 7.10. The van der Waals surface area contributed by atoms with Gasteiger partial charge in [-0.2, -0.15) is 0 Å². The molecule has 1 fully saturated rings. The quantitative estimate of drug-likeness (QED) is 0.575. The minimum atomic E-state index is -0.0369. The van der Waals surface area contributed by atoms with Gasteiger partial charge in [-0.3, -0.25) is 4.79 Å². The molecule has 1 unspecified atom stereocenters. The predicted octanol–water partition coefficient (Wildman–Crippen LogP) is 2.80. The zero-order valence-corrected chi connectivity index (χ0v) is 16.6. The summed E-state index contributed by atoms with van der Waals surface area (Å²) < 4.78 is 0. The third kappa shape index (κ3) is 5.84. The van der Waals surface area contributed by atoms with E-state index >= 15 is 0 Å². The first kappa shape index (κ1) is 19.9. The lowest BCUT2D eigenvalue weighted by Crippen LogP contribution is -2.41. The van der Waals surface area contributed by atoms with Crippen molar-refractivity contribution in [3.8, 4) is 0 Å². The maximum atomic E-state index is 12.2. The highest BCUT2D eigenvalue weighted by Gasteiger charge is 2.25. The number of nitrogens with zero attached hydrogens (tertiary/aromatic N) is 2. The summed E-state index contributed by atoms with van der Waals surface area (Å²) in [5, 5.41) is 6.29. The molecule has 28 heavy (non-hydrogen) atoms. The maximum Gasteiger partial charge on any atom is 0.241 e. The summed E-state index contributed by atoms with van der Waals surface area (Å²) in [5.74, 6) is 1.31. The van der Waals surface area contributed by atoms with Gasteiger partial charge >= 0.3 is 0 Å². The molecule has 0 bridgehead atoms. The van der Waals surface area contributed by atoms with Crippen LogP contribution in [0.15, 0.2) is 65.7 Å². The Hall–Kier alpha value is -2.82. The minimum absolute atomic E-state index is 0.0369. The smallest absolute Gasteiger partial charge is 0.241 e. The number of aliphatic imine (C=N–C) groups is 1. The summed E-state index contributed by atoms with van der Waals surface area (Å²) in [6, 6.07) is 20.8. The molecule has 1 amide bonds. The van der Waals surface area contributed by atoms with Crippen molar-refractivity contribution in [2.45, 2.75) is 25.7 Å². The summed E-state index contributed by atoms with van der Waals surface area (Å²) in [5.41, 5.74) is 2.60. The van der Waals surface area contributed by atoms with Gasteiger partial charge in [0, 0.05) is 32.1 Å². The molecule has 148 valence electrons. The lowest BCUT2D eigenvalue weighted by molar-refractivity contribution is -0.119. The Kier molecular flexibility index (Phi) is 7.47. The van der Waals surface area contributed by atoms with E-state index in [0.717, 1.165) is 38.4 Å². The van der Waals surface area contributed by atoms with Crippen LogP contribution in [-0.4, -0.2) is 49.5 Å². The molecule has 2 N–H and O–H groups in total. The van der Waals surface area contributed by atoms with E-state index in [1.54, 1.807) is 0 Å². The van der Waals surface area contributed by atoms with Crippen molar-refractivity contribution in [2.24, 2.45) is 4.99 Å². The van der Waals surface area contributed by atoms with Crippen molar-refractivity contribution >= 4 is 11.9 Å². The maximum absolute atomic E-state index is 12.2. The third-order valence-electron chi connectivity index (χ3n) is 5.04. The van der Waals surface area contributed by atoms with Crippen molar-refractivity contribution in [2.75, 3.05) is 32.7 Å². The number of carbonyl (C=O) groups excluding carboxylic acids is 1. The SMILES string of the molecule is CCNC(=NCC(=O)NCCc1ccccc1)N1CCC(c2ccccc2)C1. The van der Waals surface area contributed by atoms with Gasteiger partial charge in [-0.1, -0.05) is 60.7 Å². The van der Waals surface area contributed by atoms with Crippen molar-refractivity contribution in [1.82, 2.24) is 15.5 Å². The van der Waals surface area contributed by atoms with Gasteiger partial charge in [0.25, 0.3) is 0 Å². The Bertz CT molecular complexity index is 761. The number of hydrogen-bond acceptors (Lipinski definition) is 2. The monoisotopic (exact) mass is 378 g/mol. The molecule has 0 spiro atoms. The van der Waals surface area contributed by atoms with Crippen LogP contribution in [0.3, 0.4) is 0 Å².